The molecule has 0 saturated carbocycles. The number of carbonyl (C=O) groups excluding carboxylic acids is 1. The van der Waals surface area contributed by atoms with E-state index in [1.165, 1.54) is 21.3 Å². The SMILES string of the molecule is COc1cc(N2C(=O)[C@@H](Oc3ccccc3)[C@H]2c2ccc(N)cc2)cc(OC)c1OC. The predicted molar refractivity (Wildman–Crippen MR) is 118 cm³/mol. The van der Waals surface area contributed by atoms with Gasteiger partial charge in [0.05, 0.1) is 27.0 Å². The summed E-state index contributed by atoms with van der Waals surface area (Å²) in [5, 5.41) is 0. The lowest BCUT2D eigenvalue weighted by atomic mass is 9.89. The molecule has 0 radical (unpaired) electrons. The summed E-state index contributed by atoms with van der Waals surface area (Å²) in [6.07, 6.45) is -0.676. The van der Waals surface area contributed by atoms with Gasteiger partial charge in [-0.25, -0.2) is 0 Å². The van der Waals surface area contributed by atoms with Crippen LogP contribution in [0.25, 0.3) is 0 Å². The number of amides is 1. The molecule has 2 N–H and O–H groups in total. The fraction of sp³-hybridized carbons (Fsp3) is 0.208. The number of nitrogens with two attached hydrogens (primary N) is 1. The van der Waals surface area contributed by atoms with Crippen LogP contribution < -0.4 is 29.6 Å². The molecule has 1 aliphatic rings. The van der Waals surface area contributed by atoms with Crippen molar-refractivity contribution in [1.82, 2.24) is 0 Å². The Morgan fingerprint density at radius 3 is 2.00 bits per heavy atom. The number of β-lactam (4-membered cyclic amide) rings is 1. The van der Waals surface area contributed by atoms with Crippen LogP contribution in [0.5, 0.6) is 23.0 Å². The topological polar surface area (TPSA) is 83.2 Å². The van der Waals surface area contributed by atoms with Gasteiger partial charge < -0.3 is 24.7 Å². The Balaban J connectivity index is 1.75. The van der Waals surface area contributed by atoms with Crippen molar-refractivity contribution >= 4 is 17.3 Å². The molecule has 4 rings (SSSR count). The first-order chi connectivity index (χ1) is 15.1. The predicted octanol–water partition coefficient (Wildman–Crippen LogP) is 3.83. The van der Waals surface area contributed by atoms with Crippen molar-refractivity contribution in [3.05, 3.63) is 72.3 Å². The molecule has 1 saturated heterocycles. The first kappa shape index (κ1) is 20.4. The van der Waals surface area contributed by atoms with Crippen LogP contribution in [0.15, 0.2) is 66.7 Å². The summed E-state index contributed by atoms with van der Waals surface area (Å²) >= 11 is 0. The Bertz CT molecular complexity index is 1040. The molecule has 3 aromatic rings. The summed E-state index contributed by atoms with van der Waals surface area (Å²) in [7, 11) is 4.62. The lowest BCUT2D eigenvalue weighted by Gasteiger charge is -2.46. The number of carbonyl (C=O) groups is 1. The fourth-order valence-electron chi connectivity index (χ4n) is 3.73. The summed E-state index contributed by atoms with van der Waals surface area (Å²) < 4.78 is 22.4. The number of nitrogens with zero attached hydrogens (tertiary/aromatic N) is 1. The molecular formula is C24H24N2O5. The molecule has 0 aromatic heterocycles. The first-order valence-electron chi connectivity index (χ1n) is 9.77. The van der Waals surface area contributed by atoms with Gasteiger partial charge in [-0.1, -0.05) is 30.3 Å². The van der Waals surface area contributed by atoms with Crippen LogP contribution >= 0.6 is 0 Å². The third-order valence-corrected chi connectivity index (χ3v) is 5.26. The minimum atomic E-state index is -0.676. The average Bonchev–Trinajstić information content (AvgIpc) is 2.81. The van der Waals surface area contributed by atoms with Crippen LogP contribution in [0.3, 0.4) is 0 Å². The summed E-state index contributed by atoms with van der Waals surface area (Å²) in [6.45, 7) is 0. The van der Waals surface area contributed by atoms with E-state index < -0.39 is 6.10 Å². The van der Waals surface area contributed by atoms with Gasteiger partial charge in [0.1, 0.15) is 11.8 Å². The zero-order chi connectivity index (χ0) is 22.0. The highest BCUT2D eigenvalue weighted by atomic mass is 16.5. The molecule has 31 heavy (non-hydrogen) atoms. The van der Waals surface area contributed by atoms with Crippen LogP contribution in [0.4, 0.5) is 11.4 Å². The highest BCUT2D eigenvalue weighted by Gasteiger charge is 2.51. The number of methoxy groups -OCH3 is 3. The highest BCUT2D eigenvalue weighted by Crippen LogP contribution is 2.47. The molecule has 0 aliphatic carbocycles. The number of benzene rings is 3. The smallest absolute Gasteiger partial charge is 0.271 e. The number of para-hydroxylation sites is 1. The third kappa shape index (κ3) is 3.70. The molecule has 1 heterocycles. The largest absolute Gasteiger partial charge is 0.493 e. The van der Waals surface area contributed by atoms with Gasteiger partial charge in [-0.3, -0.25) is 9.69 Å². The van der Waals surface area contributed by atoms with Crippen molar-refractivity contribution in [3.8, 4) is 23.0 Å². The summed E-state index contributed by atoms with van der Waals surface area (Å²) in [4.78, 5) is 14.9. The second-order valence-electron chi connectivity index (χ2n) is 7.05. The lowest BCUT2D eigenvalue weighted by Crippen LogP contribution is -2.61. The van der Waals surface area contributed by atoms with Crippen LogP contribution in [-0.2, 0) is 4.79 Å². The molecule has 0 unspecified atom stereocenters. The minimum Gasteiger partial charge on any atom is -0.493 e. The Kier molecular flexibility index (Phi) is 5.58. The van der Waals surface area contributed by atoms with Crippen molar-refractivity contribution in [2.24, 2.45) is 0 Å². The van der Waals surface area contributed by atoms with Gasteiger partial charge in [0, 0.05) is 17.8 Å². The molecule has 7 nitrogen and oxygen atoms in total. The molecule has 0 bridgehead atoms. The lowest BCUT2D eigenvalue weighted by molar-refractivity contribution is -0.135. The van der Waals surface area contributed by atoms with Gasteiger partial charge in [0.25, 0.3) is 5.91 Å². The zero-order valence-corrected chi connectivity index (χ0v) is 17.6. The number of hydrogen-bond donors (Lipinski definition) is 1. The van der Waals surface area contributed by atoms with E-state index in [1.54, 1.807) is 17.0 Å². The Morgan fingerprint density at radius 2 is 1.45 bits per heavy atom. The maximum Gasteiger partial charge on any atom is 0.271 e. The third-order valence-electron chi connectivity index (χ3n) is 5.26. The van der Waals surface area contributed by atoms with Gasteiger partial charge in [-0.15, -0.1) is 0 Å². The minimum absolute atomic E-state index is 0.167. The number of anilines is 2. The van der Waals surface area contributed by atoms with Crippen LogP contribution in [0.2, 0.25) is 0 Å². The first-order valence-corrected chi connectivity index (χ1v) is 9.77. The number of nitrogen functional groups attached to an aromatic ring is 1. The van der Waals surface area contributed by atoms with Crippen molar-refractivity contribution in [3.63, 3.8) is 0 Å². The summed E-state index contributed by atoms with van der Waals surface area (Å²) in [6, 6.07) is 19.9. The molecule has 1 fully saturated rings. The molecule has 7 heteroatoms. The van der Waals surface area contributed by atoms with Crippen molar-refractivity contribution < 1.29 is 23.7 Å². The number of hydrogen-bond acceptors (Lipinski definition) is 6. The number of ether oxygens (including phenoxy) is 4. The van der Waals surface area contributed by atoms with E-state index in [2.05, 4.69) is 0 Å². The zero-order valence-electron chi connectivity index (χ0n) is 17.6. The van der Waals surface area contributed by atoms with Crippen molar-refractivity contribution in [2.45, 2.75) is 12.1 Å². The van der Waals surface area contributed by atoms with Gasteiger partial charge in [0.15, 0.2) is 11.5 Å². The fourth-order valence-corrected chi connectivity index (χ4v) is 3.73. The standard InChI is InChI=1S/C24H24N2O5/c1-28-19-13-17(14-20(29-2)22(19)30-3)26-21(15-9-11-16(25)12-10-15)23(24(26)27)31-18-7-5-4-6-8-18/h4-14,21,23H,25H2,1-3H3/t21-,23+/m1/s1. The maximum atomic E-state index is 13.2. The summed E-state index contributed by atoms with van der Waals surface area (Å²) in [5.41, 5.74) is 8.04. The Hall–Kier alpha value is -3.87. The van der Waals surface area contributed by atoms with Crippen LogP contribution in [-0.4, -0.2) is 33.3 Å². The molecule has 1 aliphatic heterocycles. The number of rotatable bonds is 7. The monoisotopic (exact) mass is 420 g/mol. The van der Waals surface area contributed by atoms with Gasteiger partial charge in [0.2, 0.25) is 11.9 Å². The Morgan fingerprint density at radius 1 is 0.839 bits per heavy atom. The van der Waals surface area contributed by atoms with Gasteiger partial charge in [-0.05, 0) is 29.8 Å². The normalized spacial score (nSPS) is 17.6. The van der Waals surface area contributed by atoms with Crippen LogP contribution in [0, 0.1) is 0 Å². The molecule has 2 atom stereocenters. The maximum absolute atomic E-state index is 13.2. The second kappa shape index (κ2) is 8.47. The van der Waals surface area contributed by atoms with Crippen LogP contribution in [0.1, 0.15) is 11.6 Å². The van der Waals surface area contributed by atoms with E-state index in [0.29, 0.717) is 34.4 Å². The summed E-state index contributed by atoms with van der Waals surface area (Å²) in [5.74, 6) is 1.86. The van der Waals surface area contributed by atoms with E-state index >= 15 is 0 Å². The highest BCUT2D eigenvalue weighted by molar-refractivity contribution is 6.05. The van der Waals surface area contributed by atoms with E-state index in [9.17, 15) is 4.79 Å². The average molecular weight is 420 g/mol. The second-order valence-corrected chi connectivity index (χ2v) is 7.05. The van der Waals surface area contributed by atoms with E-state index in [1.807, 2.05) is 54.6 Å². The molecule has 160 valence electrons. The molecule has 3 aromatic carbocycles. The van der Waals surface area contributed by atoms with Crippen molar-refractivity contribution in [1.29, 1.82) is 0 Å². The van der Waals surface area contributed by atoms with E-state index in [0.717, 1.165) is 5.56 Å². The molecule has 0 spiro atoms. The van der Waals surface area contributed by atoms with Gasteiger partial charge in [-0.2, -0.15) is 0 Å². The van der Waals surface area contributed by atoms with E-state index in [4.69, 9.17) is 24.7 Å². The molecule has 1 amide bonds. The van der Waals surface area contributed by atoms with Crippen molar-refractivity contribution in [2.75, 3.05) is 32.0 Å². The van der Waals surface area contributed by atoms with E-state index in [-0.39, 0.29) is 11.9 Å². The van der Waals surface area contributed by atoms with Gasteiger partial charge >= 0.3 is 0 Å². The Labute approximate surface area is 180 Å². The quantitative estimate of drug-likeness (QED) is 0.462. The molecular weight excluding hydrogens is 396 g/mol.